The molecule has 1 aliphatic heterocycles. The molecule has 0 aliphatic carbocycles. The normalized spacial score (nSPS) is 15.9. The van der Waals surface area contributed by atoms with E-state index in [1.165, 1.54) is 6.07 Å². The van der Waals surface area contributed by atoms with E-state index in [0.717, 1.165) is 18.3 Å². The first-order valence-corrected chi connectivity index (χ1v) is 6.97. The van der Waals surface area contributed by atoms with Crippen molar-refractivity contribution in [1.82, 2.24) is 10.2 Å². The van der Waals surface area contributed by atoms with Gasteiger partial charge in [-0.05, 0) is 12.1 Å². The number of nitrogens with two attached hydrogens (primary N) is 1. The highest BCUT2D eigenvalue weighted by Gasteiger charge is 2.43. The van der Waals surface area contributed by atoms with Crippen molar-refractivity contribution in [2.75, 3.05) is 10.5 Å². The van der Waals surface area contributed by atoms with Crippen molar-refractivity contribution in [2.45, 2.75) is 11.2 Å². The molecule has 0 spiro atoms. The van der Waals surface area contributed by atoms with Crippen LogP contribution in [0.25, 0.3) is 0 Å². The second-order valence-electron chi connectivity index (χ2n) is 4.08. The fourth-order valence-corrected chi connectivity index (χ4v) is 2.80. The Labute approximate surface area is 116 Å². The van der Waals surface area contributed by atoms with Crippen molar-refractivity contribution < 1.29 is 26.7 Å². The first kappa shape index (κ1) is 13.4. The van der Waals surface area contributed by atoms with E-state index in [-0.39, 0.29) is 27.9 Å². The third-order valence-electron chi connectivity index (χ3n) is 2.58. The molecule has 112 valence electrons. The summed E-state index contributed by atoms with van der Waals surface area (Å²) in [7, 11) is -4.00. The number of H-pyrrole nitrogens is 1. The summed E-state index contributed by atoms with van der Waals surface area (Å²) in [4.78, 5) is -0.259. The summed E-state index contributed by atoms with van der Waals surface area (Å²) < 4.78 is 60.4. The number of ether oxygens (including phenoxy) is 2. The maximum absolute atomic E-state index is 12.9. The standard InChI is InChI=1S/C10H8F2N4O4S/c11-10(12)19-6-2-1-5(3-7(6)20-10)16-21(17,18)8-4-14-15-9(8)13/h1-4,16H,(H3,13,14,15). The molecule has 4 N–H and O–H groups in total. The van der Waals surface area contributed by atoms with E-state index < -0.39 is 16.3 Å². The minimum Gasteiger partial charge on any atom is -0.395 e. The summed E-state index contributed by atoms with van der Waals surface area (Å²) in [5, 5.41) is 5.77. The van der Waals surface area contributed by atoms with E-state index >= 15 is 0 Å². The van der Waals surface area contributed by atoms with Crippen LogP contribution in [0.1, 0.15) is 0 Å². The van der Waals surface area contributed by atoms with Crippen LogP contribution >= 0.6 is 0 Å². The van der Waals surface area contributed by atoms with E-state index in [1.54, 1.807) is 0 Å². The zero-order valence-electron chi connectivity index (χ0n) is 10.1. The van der Waals surface area contributed by atoms with Gasteiger partial charge in [-0.1, -0.05) is 0 Å². The van der Waals surface area contributed by atoms with Crippen LogP contribution in [-0.2, 0) is 10.0 Å². The Morgan fingerprint density at radius 2 is 2.00 bits per heavy atom. The number of nitrogen functional groups attached to an aromatic ring is 1. The lowest BCUT2D eigenvalue weighted by atomic mass is 10.3. The molecule has 1 aromatic carbocycles. The molecule has 0 bridgehead atoms. The van der Waals surface area contributed by atoms with Crippen LogP contribution in [0.4, 0.5) is 20.3 Å². The van der Waals surface area contributed by atoms with Crippen LogP contribution in [0.2, 0.25) is 0 Å². The molecule has 0 saturated heterocycles. The quantitative estimate of drug-likeness (QED) is 0.780. The summed E-state index contributed by atoms with van der Waals surface area (Å²) in [6, 6.07) is 3.48. The van der Waals surface area contributed by atoms with E-state index in [2.05, 4.69) is 24.4 Å². The lowest BCUT2D eigenvalue weighted by molar-refractivity contribution is -0.286. The fourth-order valence-electron chi connectivity index (χ4n) is 1.72. The summed E-state index contributed by atoms with van der Waals surface area (Å²) in [5.74, 6) is -0.610. The maximum Gasteiger partial charge on any atom is 0.586 e. The van der Waals surface area contributed by atoms with Gasteiger partial charge in [0.15, 0.2) is 11.5 Å². The Hall–Kier alpha value is -2.56. The molecule has 1 aromatic heterocycles. The maximum atomic E-state index is 12.9. The van der Waals surface area contributed by atoms with Gasteiger partial charge in [0.05, 0.1) is 11.9 Å². The topological polar surface area (TPSA) is 119 Å². The molecule has 0 atom stereocenters. The number of alkyl halides is 2. The molecule has 0 amide bonds. The van der Waals surface area contributed by atoms with Crippen LogP contribution in [0.15, 0.2) is 29.3 Å². The van der Waals surface area contributed by atoms with Crippen molar-refractivity contribution in [3.05, 3.63) is 24.4 Å². The zero-order valence-corrected chi connectivity index (χ0v) is 10.9. The van der Waals surface area contributed by atoms with E-state index in [9.17, 15) is 17.2 Å². The van der Waals surface area contributed by atoms with Gasteiger partial charge in [0.2, 0.25) is 0 Å². The smallest absolute Gasteiger partial charge is 0.395 e. The highest BCUT2D eigenvalue weighted by molar-refractivity contribution is 7.92. The molecule has 2 heterocycles. The number of benzene rings is 1. The number of nitrogens with one attached hydrogen (secondary N) is 2. The summed E-state index contributed by atoms with van der Waals surface area (Å²) in [6.07, 6.45) is -2.74. The molecular weight excluding hydrogens is 310 g/mol. The van der Waals surface area contributed by atoms with Crippen LogP contribution < -0.4 is 19.9 Å². The molecule has 11 heteroatoms. The highest BCUT2D eigenvalue weighted by Crippen LogP contribution is 2.42. The van der Waals surface area contributed by atoms with Gasteiger partial charge < -0.3 is 15.2 Å². The molecule has 2 aromatic rings. The van der Waals surface area contributed by atoms with Gasteiger partial charge in [-0.3, -0.25) is 9.82 Å². The van der Waals surface area contributed by atoms with Crippen molar-refractivity contribution >= 4 is 21.5 Å². The Balaban J connectivity index is 1.89. The second kappa shape index (κ2) is 4.22. The molecule has 3 rings (SSSR count). The summed E-state index contributed by atoms with van der Waals surface area (Å²) >= 11 is 0. The number of halogens is 2. The van der Waals surface area contributed by atoms with E-state index in [4.69, 9.17) is 5.73 Å². The van der Waals surface area contributed by atoms with E-state index in [0.29, 0.717) is 0 Å². The molecule has 1 aliphatic rings. The number of sulfonamides is 1. The van der Waals surface area contributed by atoms with E-state index in [1.807, 2.05) is 0 Å². The number of hydrogen-bond acceptors (Lipinski definition) is 6. The molecule has 0 saturated carbocycles. The van der Waals surface area contributed by atoms with Crippen molar-refractivity contribution in [2.24, 2.45) is 0 Å². The number of rotatable bonds is 3. The monoisotopic (exact) mass is 318 g/mol. The SMILES string of the molecule is Nc1[nH]ncc1S(=O)(=O)Nc1ccc2c(c1)OC(F)(F)O2. The largest absolute Gasteiger partial charge is 0.586 e. The Morgan fingerprint density at radius 3 is 2.67 bits per heavy atom. The van der Waals surface area contributed by atoms with Crippen LogP contribution in [0, 0.1) is 0 Å². The van der Waals surface area contributed by atoms with Crippen LogP contribution in [0.3, 0.4) is 0 Å². The summed E-state index contributed by atoms with van der Waals surface area (Å²) in [6.45, 7) is 0. The van der Waals surface area contributed by atoms with Crippen molar-refractivity contribution in [1.29, 1.82) is 0 Å². The fraction of sp³-hybridized carbons (Fsp3) is 0.100. The predicted octanol–water partition coefficient (Wildman–Crippen LogP) is 1.11. The predicted molar refractivity (Wildman–Crippen MR) is 66.5 cm³/mol. The average Bonchev–Trinajstić information content (AvgIpc) is 2.90. The van der Waals surface area contributed by atoms with Gasteiger partial charge in [0, 0.05) is 6.07 Å². The first-order valence-electron chi connectivity index (χ1n) is 5.48. The van der Waals surface area contributed by atoms with Crippen LogP contribution in [0.5, 0.6) is 11.5 Å². The zero-order chi connectivity index (χ0) is 15.3. The number of hydrogen-bond donors (Lipinski definition) is 3. The second-order valence-corrected chi connectivity index (χ2v) is 5.73. The molecule has 8 nitrogen and oxygen atoms in total. The number of aromatic amines is 1. The van der Waals surface area contributed by atoms with Crippen LogP contribution in [-0.4, -0.2) is 24.9 Å². The van der Waals surface area contributed by atoms with Crippen molar-refractivity contribution in [3.8, 4) is 11.5 Å². The number of nitrogens with zero attached hydrogens (tertiary/aromatic N) is 1. The number of aromatic nitrogens is 2. The number of anilines is 2. The molecule has 21 heavy (non-hydrogen) atoms. The highest BCUT2D eigenvalue weighted by atomic mass is 32.2. The van der Waals surface area contributed by atoms with Gasteiger partial charge in [-0.25, -0.2) is 8.42 Å². The lowest BCUT2D eigenvalue weighted by Gasteiger charge is -2.07. The third-order valence-corrected chi connectivity index (χ3v) is 3.98. The van der Waals surface area contributed by atoms with Gasteiger partial charge in [0.25, 0.3) is 10.0 Å². The molecule has 0 radical (unpaired) electrons. The summed E-state index contributed by atoms with van der Waals surface area (Å²) in [5.41, 5.74) is 5.43. The molecule has 0 unspecified atom stereocenters. The van der Waals surface area contributed by atoms with Gasteiger partial charge in [0.1, 0.15) is 10.7 Å². The lowest BCUT2D eigenvalue weighted by Crippen LogP contribution is -2.25. The molecule has 0 fully saturated rings. The van der Waals surface area contributed by atoms with Gasteiger partial charge >= 0.3 is 6.29 Å². The first-order chi connectivity index (χ1) is 9.77. The average molecular weight is 318 g/mol. The minimum atomic E-state index is -4.00. The minimum absolute atomic E-state index is 0.00986. The Bertz CT molecular complexity index is 805. The number of fused-ring (bicyclic) bond motifs is 1. The molecular formula is C10H8F2N4O4S. The van der Waals surface area contributed by atoms with Gasteiger partial charge in [-0.15, -0.1) is 8.78 Å². The van der Waals surface area contributed by atoms with Gasteiger partial charge in [-0.2, -0.15) is 5.10 Å². The van der Waals surface area contributed by atoms with Crippen molar-refractivity contribution in [3.63, 3.8) is 0 Å². The Kier molecular flexibility index (Phi) is 2.69. The third kappa shape index (κ3) is 2.42. The Morgan fingerprint density at radius 1 is 1.29 bits per heavy atom.